The molecule has 150 valence electrons. The van der Waals surface area contributed by atoms with Crippen molar-refractivity contribution < 1.29 is 36.6 Å². The molecule has 2 rings (SSSR count). The predicted octanol–water partition coefficient (Wildman–Crippen LogP) is 5.52. The maximum absolute atomic E-state index is 12.7. The summed E-state index contributed by atoms with van der Waals surface area (Å²) in [5.74, 6) is -3.09. The Labute approximate surface area is 163 Å². The van der Waals surface area contributed by atoms with Crippen LogP contribution in [0.15, 0.2) is 47.4 Å². The van der Waals surface area contributed by atoms with Gasteiger partial charge < -0.3 is 14.2 Å². The summed E-state index contributed by atoms with van der Waals surface area (Å²) in [4.78, 5) is 12.6. The molecular weight excluding hydrogens is 400 g/mol. The van der Waals surface area contributed by atoms with Crippen LogP contribution in [0.1, 0.15) is 15.9 Å². The first-order valence-corrected chi connectivity index (χ1v) is 8.70. The van der Waals surface area contributed by atoms with E-state index in [0.29, 0.717) is 11.8 Å². The lowest BCUT2D eigenvalue weighted by Crippen LogP contribution is -2.05. The van der Waals surface area contributed by atoms with Crippen LogP contribution in [-0.2, 0) is 0 Å². The number of methoxy groups -OCH3 is 2. The van der Waals surface area contributed by atoms with Crippen molar-refractivity contribution in [2.24, 2.45) is 0 Å². The minimum absolute atomic E-state index is 0.0879. The number of halogens is 4. The van der Waals surface area contributed by atoms with Crippen LogP contribution in [0.5, 0.6) is 17.2 Å². The lowest BCUT2D eigenvalue weighted by Gasteiger charge is -2.12. The van der Waals surface area contributed by atoms with Gasteiger partial charge in [0.15, 0.2) is 17.3 Å². The molecule has 0 fully saturated rings. The van der Waals surface area contributed by atoms with Gasteiger partial charge >= 0.3 is 6.61 Å². The zero-order valence-electron chi connectivity index (χ0n) is 14.8. The molecule has 0 N–H and O–H groups in total. The first kappa shape index (κ1) is 21.6. The first-order chi connectivity index (χ1) is 13.3. The van der Waals surface area contributed by atoms with Gasteiger partial charge in [-0.1, -0.05) is 23.9 Å². The number of hydrogen-bond acceptors (Lipinski definition) is 5. The minimum atomic E-state index is -3.07. The van der Waals surface area contributed by atoms with Gasteiger partial charge in [0.2, 0.25) is 0 Å². The van der Waals surface area contributed by atoms with Gasteiger partial charge in [0.05, 0.1) is 19.1 Å². The molecule has 0 atom stereocenters. The van der Waals surface area contributed by atoms with Gasteiger partial charge in [0.1, 0.15) is 5.75 Å². The van der Waals surface area contributed by atoms with E-state index in [0.717, 1.165) is 6.08 Å². The molecule has 0 heterocycles. The van der Waals surface area contributed by atoms with Crippen molar-refractivity contribution in [3.8, 4) is 17.2 Å². The maximum atomic E-state index is 12.7. The molecule has 0 aliphatic rings. The van der Waals surface area contributed by atoms with Crippen LogP contribution < -0.4 is 14.2 Å². The fraction of sp³-hybridized carbons (Fsp3) is 0.211. The van der Waals surface area contributed by atoms with Crippen molar-refractivity contribution in [3.63, 3.8) is 0 Å². The number of alkyl halides is 4. The Kier molecular flexibility index (Phi) is 7.74. The van der Waals surface area contributed by atoms with Crippen LogP contribution in [0.25, 0.3) is 6.08 Å². The second-order valence-corrected chi connectivity index (χ2v) is 6.23. The van der Waals surface area contributed by atoms with E-state index in [9.17, 15) is 22.4 Å². The minimum Gasteiger partial charge on any atom is -0.496 e. The van der Waals surface area contributed by atoms with E-state index in [4.69, 9.17) is 9.47 Å². The molecule has 0 aliphatic carbocycles. The van der Waals surface area contributed by atoms with Gasteiger partial charge in [0, 0.05) is 11.1 Å². The molecular formula is C19H16F4O4S. The summed E-state index contributed by atoms with van der Waals surface area (Å²) in [5, 5.41) is 0. The van der Waals surface area contributed by atoms with Crippen molar-refractivity contribution in [2.75, 3.05) is 14.2 Å². The molecule has 0 aliphatic heterocycles. The summed E-state index contributed by atoms with van der Waals surface area (Å²) in [6.45, 7) is -3.07. The summed E-state index contributed by atoms with van der Waals surface area (Å²) in [6, 6.07) is 8.55. The Hall–Kier alpha value is -2.68. The molecule has 0 unspecified atom stereocenters. The second kappa shape index (κ2) is 10.0. The van der Waals surface area contributed by atoms with E-state index in [1.807, 2.05) is 0 Å². The summed E-state index contributed by atoms with van der Waals surface area (Å²) in [7, 11) is 2.61. The highest BCUT2D eigenvalue weighted by atomic mass is 32.2. The second-order valence-electron chi connectivity index (χ2n) is 5.20. The average molecular weight is 416 g/mol. The SMILES string of the molecule is COc1cc(C(=O)C=Cc2cccc(OC)c2OC(F)F)ccc1SC(F)F. The fourth-order valence-corrected chi connectivity index (χ4v) is 2.91. The average Bonchev–Trinajstić information content (AvgIpc) is 2.66. The van der Waals surface area contributed by atoms with E-state index in [1.54, 1.807) is 6.07 Å². The van der Waals surface area contributed by atoms with Crippen molar-refractivity contribution in [3.05, 3.63) is 53.6 Å². The number of rotatable bonds is 9. The van der Waals surface area contributed by atoms with Crippen molar-refractivity contribution in [1.82, 2.24) is 0 Å². The predicted molar refractivity (Wildman–Crippen MR) is 97.8 cm³/mol. The zero-order chi connectivity index (χ0) is 20.7. The fourth-order valence-electron chi connectivity index (χ4n) is 2.32. The van der Waals surface area contributed by atoms with Crippen LogP contribution in [0.2, 0.25) is 0 Å². The molecule has 2 aromatic carbocycles. The smallest absolute Gasteiger partial charge is 0.387 e. The molecule has 0 amide bonds. The number of ether oxygens (including phenoxy) is 3. The third-order valence-electron chi connectivity index (χ3n) is 3.51. The van der Waals surface area contributed by atoms with Crippen molar-refractivity contribution in [2.45, 2.75) is 17.3 Å². The largest absolute Gasteiger partial charge is 0.496 e. The van der Waals surface area contributed by atoms with Crippen LogP contribution in [0.3, 0.4) is 0 Å². The van der Waals surface area contributed by atoms with Gasteiger partial charge in [-0.3, -0.25) is 4.79 Å². The highest BCUT2D eigenvalue weighted by Crippen LogP contribution is 2.35. The normalized spacial score (nSPS) is 11.3. The molecule has 0 aromatic heterocycles. The number of thioether (sulfide) groups is 1. The first-order valence-electron chi connectivity index (χ1n) is 7.82. The Morgan fingerprint density at radius 3 is 2.36 bits per heavy atom. The number of ketones is 1. The zero-order valence-corrected chi connectivity index (χ0v) is 15.6. The van der Waals surface area contributed by atoms with E-state index in [2.05, 4.69) is 4.74 Å². The van der Waals surface area contributed by atoms with Gasteiger partial charge in [-0.25, -0.2) is 0 Å². The Morgan fingerprint density at radius 1 is 1.04 bits per heavy atom. The number of carbonyl (C=O) groups excluding carboxylic acids is 1. The number of benzene rings is 2. The van der Waals surface area contributed by atoms with Crippen molar-refractivity contribution >= 4 is 23.6 Å². The Balaban J connectivity index is 2.29. The van der Waals surface area contributed by atoms with Crippen LogP contribution in [0.4, 0.5) is 17.6 Å². The molecule has 0 bridgehead atoms. The molecule has 0 saturated heterocycles. The van der Waals surface area contributed by atoms with E-state index >= 15 is 0 Å². The van der Waals surface area contributed by atoms with Crippen LogP contribution in [0, 0.1) is 0 Å². The lowest BCUT2D eigenvalue weighted by atomic mass is 10.1. The third-order valence-corrected chi connectivity index (χ3v) is 4.28. The topological polar surface area (TPSA) is 44.8 Å². The van der Waals surface area contributed by atoms with Gasteiger partial charge in [-0.2, -0.15) is 17.6 Å². The summed E-state index contributed by atoms with van der Waals surface area (Å²) < 4.78 is 64.9. The molecule has 28 heavy (non-hydrogen) atoms. The van der Waals surface area contributed by atoms with E-state index in [1.165, 1.54) is 50.6 Å². The van der Waals surface area contributed by atoms with Gasteiger partial charge in [-0.15, -0.1) is 0 Å². The summed E-state index contributed by atoms with van der Waals surface area (Å²) in [6.07, 6.45) is 2.46. The molecule has 0 spiro atoms. The third kappa shape index (κ3) is 5.66. The molecule has 2 aromatic rings. The lowest BCUT2D eigenvalue weighted by molar-refractivity contribution is -0.0513. The molecule has 9 heteroatoms. The quantitative estimate of drug-likeness (QED) is 0.233. The van der Waals surface area contributed by atoms with Crippen LogP contribution in [-0.4, -0.2) is 32.4 Å². The van der Waals surface area contributed by atoms with E-state index < -0.39 is 18.2 Å². The molecule has 4 nitrogen and oxygen atoms in total. The van der Waals surface area contributed by atoms with Gasteiger partial charge in [-0.05, 0) is 36.4 Å². The summed E-state index contributed by atoms with van der Waals surface area (Å²) in [5.41, 5.74) is 0.399. The Morgan fingerprint density at radius 2 is 1.75 bits per heavy atom. The number of carbonyl (C=O) groups is 1. The number of para-hydroxylation sites is 1. The van der Waals surface area contributed by atoms with Crippen molar-refractivity contribution in [1.29, 1.82) is 0 Å². The standard InChI is InChI=1S/C19H16F4O4S/c1-25-14-5-3-4-11(17(14)27-18(20)21)6-8-13(24)12-7-9-16(28-19(22)23)15(10-12)26-2/h3-10,18-19H,1-2H3. The Bertz CT molecular complexity index is 856. The summed E-state index contributed by atoms with van der Waals surface area (Å²) >= 11 is 0.303. The van der Waals surface area contributed by atoms with E-state index in [-0.39, 0.29) is 33.3 Å². The molecule has 0 saturated carbocycles. The van der Waals surface area contributed by atoms with Crippen LogP contribution >= 0.6 is 11.8 Å². The number of hydrogen-bond donors (Lipinski definition) is 0. The van der Waals surface area contributed by atoms with Gasteiger partial charge in [0.25, 0.3) is 5.76 Å². The maximum Gasteiger partial charge on any atom is 0.387 e. The number of allylic oxidation sites excluding steroid dienone is 1. The molecule has 0 radical (unpaired) electrons. The monoisotopic (exact) mass is 416 g/mol. The highest BCUT2D eigenvalue weighted by Gasteiger charge is 2.15. The highest BCUT2D eigenvalue weighted by molar-refractivity contribution is 7.99.